The normalized spacial score (nSPS) is 18.4. The van der Waals surface area contributed by atoms with Gasteiger partial charge in [0.1, 0.15) is 0 Å². The highest BCUT2D eigenvalue weighted by Crippen LogP contribution is 2.18. The summed E-state index contributed by atoms with van der Waals surface area (Å²) in [5.41, 5.74) is 0. The topological polar surface area (TPSA) is 30.5 Å². The third-order valence-electron chi connectivity index (χ3n) is 2.25. The van der Waals surface area contributed by atoms with Crippen molar-refractivity contribution < 1.29 is 9.47 Å². The van der Waals surface area contributed by atoms with E-state index in [0.29, 0.717) is 12.7 Å². The van der Waals surface area contributed by atoms with Crippen molar-refractivity contribution in [1.82, 2.24) is 5.32 Å². The molecule has 3 heteroatoms. The van der Waals surface area contributed by atoms with Crippen LogP contribution in [0.1, 0.15) is 33.1 Å². The molecule has 3 nitrogen and oxygen atoms in total. The van der Waals surface area contributed by atoms with Gasteiger partial charge >= 0.3 is 0 Å². The van der Waals surface area contributed by atoms with E-state index in [1.54, 1.807) is 0 Å². The van der Waals surface area contributed by atoms with Crippen LogP contribution in [-0.2, 0) is 9.47 Å². The summed E-state index contributed by atoms with van der Waals surface area (Å²) in [6.45, 7) is 7.48. The molecule has 0 amide bonds. The minimum Gasteiger partial charge on any atom is -0.379 e. The number of rotatable bonds is 9. The standard InChI is InChI=1S/C11H23NO2/c1-3-6-13-7-8-14-10(2)9-12-11-4-5-11/h10-12H,3-9H2,1-2H3. The molecular weight excluding hydrogens is 178 g/mol. The van der Waals surface area contributed by atoms with Crippen LogP contribution in [0.15, 0.2) is 0 Å². The van der Waals surface area contributed by atoms with Crippen LogP contribution in [0.2, 0.25) is 0 Å². The molecule has 0 aromatic heterocycles. The fourth-order valence-electron chi connectivity index (χ4n) is 1.23. The summed E-state index contributed by atoms with van der Waals surface area (Å²) in [7, 11) is 0. The van der Waals surface area contributed by atoms with E-state index in [9.17, 15) is 0 Å². The highest BCUT2D eigenvalue weighted by molar-refractivity contribution is 4.81. The van der Waals surface area contributed by atoms with Crippen molar-refractivity contribution in [2.24, 2.45) is 0 Å². The molecule has 0 aromatic rings. The Morgan fingerprint density at radius 3 is 2.71 bits per heavy atom. The van der Waals surface area contributed by atoms with Gasteiger partial charge in [0, 0.05) is 19.2 Å². The average molecular weight is 201 g/mol. The van der Waals surface area contributed by atoms with Crippen LogP contribution in [0.25, 0.3) is 0 Å². The van der Waals surface area contributed by atoms with E-state index in [1.807, 2.05) is 0 Å². The maximum Gasteiger partial charge on any atom is 0.0704 e. The van der Waals surface area contributed by atoms with Crippen LogP contribution in [0, 0.1) is 0 Å². The lowest BCUT2D eigenvalue weighted by Crippen LogP contribution is -2.29. The molecule has 14 heavy (non-hydrogen) atoms. The van der Waals surface area contributed by atoms with Crippen molar-refractivity contribution in [3.05, 3.63) is 0 Å². The van der Waals surface area contributed by atoms with Crippen molar-refractivity contribution in [3.63, 3.8) is 0 Å². The predicted octanol–water partition coefficient (Wildman–Crippen LogP) is 1.57. The van der Waals surface area contributed by atoms with Crippen molar-refractivity contribution in [2.75, 3.05) is 26.4 Å². The quantitative estimate of drug-likeness (QED) is 0.574. The summed E-state index contributed by atoms with van der Waals surface area (Å²) in [6.07, 6.45) is 4.07. The molecule has 1 fully saturated rings. The molecule has 0 saturated heterocycles. The van der Waals surface area contributed by atoms with Crippen LogP contribution >= 0.6 is 0 Å². The van der Waals surface area contributed by atoms with Crippen molar-refractivity contribution >= 4 is 0 Å². The van der Waals surface area contributed by atoms with Gasteiger partial charge in [0.2, 0.25) is 0 Å². The molecule has 1 saturated carbocycles. The minimum atomic E-state index is 0.306. The molecule has 1 N–H and O–H groups in total. The van der Waals surface area contributed by atoms with Crippen LogP contribution in [0.4, 0.5) is 0 Å². The first-order valence-corrected chi connectivity index (χ1v) is 5.75. The molecule has 0 aromatic carbocycles. The van der Waals surface area contributed by atoms with Gasteiger partial charge in [-0.15, -0.1) is 0 Å². The average Bonchev–Trinajstić information content (AvgIpc) is 2.98. The van der Waals surface area contributed by atoms with Gasteiger partial charge in [0.05, 0.1) is 19.3 Å². The van der Waals surface area contributed by atoms with Gasteiger partial charge in [0.25, 0.3) is 0 Å². The van der Waals surface area contributed by atoms with Crippen LogP contribution in [-0.4, -0.2) is 38.5 Å². The first-order valence-electron chi connectivity index (χ1n) is 5.75. The summed E-state index contributed by atoms with van der Waals surface area (Å²) < 4.78 is 10.9. The molecular formula is C11H23NO2. The maximum atomic E-state index is 5.58. The van der Waals surface area contributed by atoms with E-state index < -0.39 is 0 Å². The van der Waals surface area contributed by atoms with Crippen molar-refractivity contribution in [2.45, 2.75) is 45.3 Å². The Kier molecular flexibility index (Phi) is 6.15. The zero-order valence-electron chi connectivity index (χ0n) is 9.42. The second-order valence-electron chi connectivity index (χ2n) is 3.98. The van der Waals surface area contributed by atoms with E-state index in [0.717, 1.165) is 32.2 Å². The fourth-order valence-corrected chi connectivity index (χ4v) is 1.23. The van der Waals surface area contributed by atoms with Gasteiger partial charge < -0.3 is 14.8 Å². The zero-order chi connectivity index (χ0) is 10.2. The second kappa shape index (κ2) is 7.21. The van der Waals surface area contributed by atoms with Gasteiger partial charge in [-0.25, -0.2) is 0 Å². The fraction of sp³-hybridized carbons (Fsp3) is 1.00. The Labute approximate surface area is 87.2 Å². The number of hydrogen-bond donors (Lipinski definition) is 1. The van der Waals surface area contributed by atoms with Crippen LogP contribution < -0.4 is 5.32 Å². The van der Waals surface area contributed by atoms with Gasteiger partial charge in [-0.3, -0.25) is 0 Å². The third-order valence-corrected chi connectivity index (χ3v) is 2.25. The Hall–Kier alpha value is -0.120. The summed E-state index contributed by atoms with van der Waals surface area (Å²) in [6, 6.07) is 0.775. The summed E-state index contributed by atoms with van der Waals surface area (Å²) in [5.74, 6) is 0. The van der Waals surface area contributed by atoms with Gasteiger partial charge in [-0.1, -0.05) is 6.92 Å². The van der Waals surface area contributed by atoms with Crippen molar-refractivity contribution in [3.8, 4) is 0 Å². The van der Waals surface area contributed by atoms with Crippen molar-refractivity contribution in [1.29, 1.82) is 0 Å². The van der Waals surface area contributed by atoms with E-state index >= 15 is 0 Å². The van der Waals surface area contributed by atoms with Gasteiger partial charge in [-0.05, 0) is 26.2 Å². The second-order valence-corrected chi connectivity index (χ2v) is 3.98. The summed E-state index contributed by atoms with van der Waals surface area (Å²) in [5, 5.41) is 3.44. The smallest absolute Gasteiger partial charge is 0.0704 e. The molecule has 0 radical (unpaired) electrons. The highest BCUT2D eigenvalue weighted by atomic mass is 16.5. The number of hydrogen-bond acceptors (Lipinski definition) is 3. The van der Waals surface area contributed by atoms with Gasteiger partial charge in [-0.2, -0.15) is 0 Å². The van der Waals surface area contributed by atoms with Crippen LogP contribution in [0.3, 0.4) is 0 Å². The van der Waals surface area contributed by atoms with Crippen LogP contribution in [0.5, 0.6) is 0 Å². The molecule has 84 valence electrons. The molecule has 0 spiro atoms. The van der Waals surface area contributed by atoms with Gasteiger partial charge in [0.15, 0.2) is 0 Å². The lowest BCUT2D eigenvalue weighted by molar-refractivity contribution is 0.0128. The predicted molar refractivity (Wildman–Crippen MR) is 57.5 cm³/mol. The lowest BCUT2D eigenvalue weighted by atomic mass is 10.4. The third kappa shape index (κ3) is 6.35. The summed E-state index contributed by atoms with van der Waals surface area (Å²) >= 11 is 0. The largest absolute Gasteiger partial charge is 0.379 e. The molecule has 1 aliphatic rings. The molecule has 1 unspecified atom stereocenters. The Morgan fingerprint density at radius 1 is 1.29 bits per heavy atom. The lowest BCUT2D eigenvalue weighted by Gasteiger charge is -2.13. The maximum absolute atomic E-state index is 5.58. The van der Waals surface area contributed by atoms with E-state index in [2.05, 4.69) is 19.2 Å². The number of nitrogens with one attached hydrogen (secondary N) is 1. The molecule has 0 aliphatic heterocycles. The zero-order valence-corrected chi connectivity index (χ0v) is 9.42. The Bertz CT molecular complexity index is 137. The monoisotopic (exact) mass is 201 g/mol. The molecule has 1 aliphatic carbocycles. The SMILES string of the molecule is CCCOCCOC(C)CNC1CC1. The molecule has 1 atom stereocenters. The van der Waals surface area contributed by atoms with E-state index in [-0.39, 0.29) is 0 Å². The first-order chi connectivity index (χ1) is 6.83. The van der Waals surface area contributed by atoms with E-state index in [4.69, 9.17) is 9.47 Å². The molecule has 1 rings (SSSR count). The number of ether oxygens (including phenoxy) is 2. The molecule has 0 bridgehead atoms. The minimum absolute atomic E-state index is 0.306. The first kappa shape index (κ1) is 12.0. The molecule has 0 heterocycles. The Morgan fingerprint density at radius 2 is 2.07 bits per heavy atom. The Balaban J connectivity index is 1.79. The highest BCUT2D eigenvalue weighted by Gasteiger charge is 2.20. The summed E-state index contributed by atoms with van der Waals surface area (Å²) in [4.78, 5) is 0. The van der Waals surface area contributed by atoms with E-state index in [1.165, 1.54) is 12.8 Å².